The van der Waals surface area contributed by atoms with Gasteiger partial charge in [0.1, 0.15) is 0 Å². The second-order valence-electron chi connectivity index (χ2n) is 7.74. The smallest absolute Gasteiger partial charge is 0.312 e. The molecular formula is C22H30N2O4. The fourth-order valence-electron chi connectivity index (χ4n) is 4.14. The monoisotopic (exact) mass is 386 g/mol. The summed E-state index contributed by atoms with van der Waals surface area (Å²) in [5, 5.41) is 0. The summed E-state index contributed by atoms with van der Waals surface area (Å²) in [6.45, 7) is 4.33. The van der Waals surface area contributed by atoms with Gasteiger partial charge in [0, 0.05) is 26.2 Å². The van der Waals surface area contributed by atoms with Crippen molar-refractivity contribution in [2.24, 2.45) is 11.8 Å². The minimum atomic E-state index is -0.427. The largest absolute Gasteiger partial charge is 0.466 e. The first-order valence-corrected chi connectivity index (χ1v) is 10.4. The lowest BCUT2D eigenvalue weighted by Gasteiger charge is -2.35. The van der Waals surface area contributed by atoms with Crippen LogP contribution in [0.5, 0.6) is 0 Å². The van der Waals surface area contributed by atoms with Gasteiger partial charge in [-0.05, 0) is 50.5 Å². The minimum absolute atomic E-state index is 0.159. The lowest BCUT2D eigenvalue weighted by Crippen LogP contribution is -2.50. The van der Waals surface area contributed by atoms with Gasteiger partial charge in [0.2, 0.25) is 0 Å². The summed E-state index contributed by atoms with van der Waals surface area (Å²) in [6.07, 6.45) is 4.02. The summed E-state index contributed by atoms with van der Waals surface area (Å²) in [5.74, 6) is -0.618. The standard InChI is InChI=1S/C22H30N2O4/c1-2-28-22(27)19-10-14-24(15-11-19)21(26)20(25)23-12-8-18(9-13-23)16-17-6-4-3-5-7-17/h3-7,18-19H,2,8-16H2,1H3. The molecule has 28 heavy (non-hydrogen) atoms. The average Bonchev–Trinajstić information content (AvgIpc) is 2.74. The van der Waals surface area contributed by atoms with E-state index < -0.39 is 11.8 Å². The highest BCUT2D eigenvalue weighted by Crippen LogP contribution is 2.23. The second kappa shape index (κ2) is 9.71. The summed E-state index contributed by atoms with van der Waals surface area (Å²) in [6, 6.07) is 10.4. The van der Waals surface area contributed by atoms with Crippen molar-refractivity contribution in [1.82, 2.24) is 9.80 Å². The van der Waals surface area contributed by atoms with Gasteiger partial charge in [-0.25, -0.2) is 0 Å². The number of piperidine rings is 2. The lowest BCUT2D eigenvalue weighted by atomic mass is 9.90. The predicted octanol–water partition coefficient (Wildman–Crippen LogP) is 2.27. The number of likely N-dealkylation sites (tertiary alicyclic amines) is 2. The second-order valence-corrected chi connectivity index (χ2v) is 7.74. The number of nitrogens with zero attached hydrogens (tertiary/aromatic N) is 2. The number of rotatable bonds is 4. The minimum Gasteiger partial charge on any atom is -0.466 e. The highest BCUT2D eigenvalue weighted by atomic mass is 16.5. The number of carbonyl (C=O) groups is 3. The molecular weight excluding hydrogens is 356 g/mol. The van der Waals surface area contributed by atoms with Gasteiger partial charge in [-0.15, -0.1) is 0 Å². The Bertz CT molecular complexity index is 675. The van der Waals surface area contributed by atoms with Crippen LogP contribution in [0, 0.1) is 11.8 Å². The molecule has 2 fully saturated rings. The Morgan fingerprint density at radius 2 is 1.43 bits per heavy atom. The maximum absolute atomic E-state index is 12.6. The van der Waals surface area contributed by atoms with Gasteiger partial charge in [0.15, 0.2) is 0 Å². The van der Waals surface area contributed by atoms with Crippen LogP contribution in [-0.2, 0) is 25.5 Å². The van der Waals surface area contributed by atoms with E-state index in [2.05, 4.69) is 24.3 Å². The zero-order valence-electron chi connectivity index (χ0n) is 16.6. The van der Waals surface area contributed by atoms with E-state index in [1.54, 1.807) is 16.7 Å². The van der Waals surface area contributed by atoms with Gasteiger partial charge in [0.25, 0.3) is 0 Å². The SMILES string of the molecule is CCOC(=O)C1CCN(C(=O)C(=O)N2CCC(Cc3ccccc3)CC2)CC1. The van der Waals surface area contributed by atoms with Crippen LogP contribution in [-0.4, -0.2) is 60.4 Å². The Morgan fingerprint density at radius 1 is 0.893 bits per heavy atom. The molecule has 2 heterocycles. The third-order valence-electron chi connectivity index (χ3n) is 5.85. The normalized spacial score (nSPS) is 18.8. The molecule has 0 N–H and O–H groups in total. The number of carbonyl (C=O) groups excluding carboxylic acids is 3. The maximum atomic E-state index is 12.6. The first-order valence-electron chi connectivity index (χ1n) is 10.4. The van der Waals surface area contributed by atoms with E-state index >= 15 is 0 Å². The fraction of sp³-hybridized carbons (Fsp3) is 0.591. The number of esters is 1. The number of hydrogen-bond acceptors (Lipinski definition) is 4. The molecule has 0 aromatic heterocycles. The molecule has 6 nitrogen and oxygen atoms in total. The van der Waals surface area contributed by atoms with Gasteiger partial charge in [-0.3, -0.25) is 14.4 Å². The Labute approximate surface area is 166 Å². The first-order chi connectivity index (χ1) is 13.6. The Balaban J connectivity index is 1.43. The average molecular weight is 386 g/mol. The lowest BCUT2D eigenvalue weighted by molar-refractivity contribution is -0.156. The summed E-state index contributed by atoms with van der Waals surface area (Å²) >= 11 is 0. The third kappa shape index (κ3) is 5.12. The zero-order chi connectivity index (χ0) is 19.9. The Kier molecular flexibility index (Phi) is 7.06. The first kappa shape index (κ1) is 20.4. The van der Waals surface area contributed by atoms with Crippen LogP contribution in [0.4, 0.5) is 0 Å². The van der Waals surface area contributed by atoms with Crippen LogP contribution in [0.3, 0.4) is 0 Å². The molecule has 1 aromatic carbocycles. The van der Waals surface area contributed by atoms with E-state index in [9.17, 15) is 14.4 Å². The molecule has 2 aliphatic rings. The number of benzene rings is 1. The maximum Gasteiger partial charge on any atom is 0.312 e. The number of amides is 2. The highest BCUT2D eigenvalue weighted by Gasteiger charge is 2.34. The summed E-state index contributed by atoms with van der Waals surface area (Å²) < 4.78 is 5.05. The van der Waals surface area contributed by atoms with Crippen molar-refractivity contribution in [3.63, 3.8) is 0 Å². The van der Waals surface area contributed by atoms with Crippen LogP contribution in [0.2, 0.25) is 0 Å². The van der Waals surface area contributed by atoms with Crippen LogP contribution in [0.1, 0.15) is 38.2 Å². The Hall–Kier alpha value is -2.37. The van der Waals surface area contributed by atoms with E-state index in [-0.39, 0.29) is 11.9 Å². The molecule has 2 saturated heterocycles. The van der Waals surface area contributed by atoms with E-state index in [1.807, 2.05) is 6.07 Å². The third-order valence-corrected chi connectivity index (χ3v) is 5.85. The molecule has 0 atom stereocenters. The molecule has 3 rings (SSSR count). The molecule has 0 aliphatic carbocycles. The van der Waals surface area contributed by atoms with Crippen molar-refractivity contribution in [2.45, 2.75) is 39.0 Å². The molecule has 2 amide bonds. The van der Waals surface area contributed by atoms with Gasteiger partial charge in [-0.1, -0.05) is 30.3 Å². The fourth-order valence-corrected chi connectivity index (χ4v) is 4.14. The van der Waals surface area contributed by atoms with Crippen molar-refractivity contribution < 1.29 is 19.1 Å². The van der Waals surface area contributed by atoms with Crippen LogP contribution >= 0.6 is 0 Å². The summed E-state index contributed by atoms with van der Waals surface area (Å²) in [7, 11) is 0. The van der Waals surface area contributed by atoms with Gasteiger partial charge < -0.3 is 14.5 Å². The number of ether oxygens (including phenoxy) is 1. The van der Waals surface area contributed by atoms with E-state index in [4.69, 9.17) is 4.74 Å². The van der Waals surface area contributed by atoms with Crippen molar-refractivity contribution in [1.29, 1.82) is 0 Å². The summed E-state index contributed by atoms with van der Waals surface area (Å²) in [5.41, 5.74) is 1.33. The molecule has 0 radical (unpaired) electrons. The van der Waals surface area contributed by atoms with Gasteiger partial charge in [-0.2, -0.15) is 0 Å². The van der Waals surface area contributed by atoms with Crippen LogP contribution in [0.25, 0.3) is 0 Å². The van der Waals surface area contributed by atoms with Crippen LogP contribution in [0.15, 0.2) is 30.3 Å². The van der Waals surface area contributed by atoms with Gasteiger partial charge >= 0.3 is 17.8 Å². The highest BCUT2D eigenvalue weighted by molar-refractivity contribution is 6.34. The van der Waals surface area contributed by atoms with Crippen molar-refractivity contribution in [2.75, 3.05) is 32.8 Å². The topological polar surface area (TPSA) is 66.9 Å². The molecule has 1 aromatic rings. The molecule has 0 unspecified atom stereocenters. The Morgan fingerprint density at radius 3 is 1.96 bits per heavy atom. The molecule has 6 heteroatoms. The van der Waals surface area contributed by atoms with Crippen molar-refractivity contribution >= 4 is 17.8 Å². The van der Waals surface area contributed by atoms with Crippen molar-refractivity contribution in [3.05, 3.63) is 35.9 Å². The van der Waals surface area contributed by atoms with Crippen molar-refractivity contribution in [3.8, 4) is 0 Å². The predicted molar refractivity (Wildman–Crippen MR) is 105 cm³/mol. The summed E-state index contributed by atoms with van der Waals surface area (Å²) in [4.78, 5) is 40.3. The van der Waals surface area contributed by atoms with E-state index in [1.165, 1.54) is 5.56 Å². The molecule has 0 saturated carbocycles. The molecule has 0 bridgehead atoms. The molecule has 2 aliphatic heterocycles. The quantitative estimate of drug-likeness (QED) is 0.588. The van der Waals surface area contributed by atoms with E-state index in [0.717, 1.165) is 19.3 Å². The van der Waals surface area contributed by atoms with E-state index in [0.29, 0.717) is 51.5 Å². The zero-order valence-corrected chi connectivity index (χ0v) is 16.6. The van der Waals surface area contributed by atoms with Crippen LogP contribution < -0.4 is 0 Å². The number of hydrogen-bond donors (Lipinski definition) is 0. The molecule has 0 spiro atoms. The molecule has 152 valence electrons. The van der Waals surface area contributed by atoms with Gasteiger partial charge in [0.05, 0.1) is 12.5 Å².